The van der Waals surface area contributed by atoms with Crippen molar-refractivity contribution in [3.63, 3.8) is 0 Å². The molecule has 2 heteroatoms. The van der Waals surface area contributed by atoms with Crippen molar-refractivity contribution < 1.29 is 0 Å². The van der Waals surface area contributed by atoms with Crippen molar-refractivity contribution in [2.75, 3.05) is 19.6 Å². The van der Waals surface area contributed by atoms with Crippen molar-refractivity contribution in [3.05, 3.63) is 0 Å². The van der Waals surface area contributed by atoms with E-state index in [-0.39, 0.29) is 0 Å². The monoisotopic (exact) mass is 226 g/mol. The molecule has 1 saturated heterocycles. The highest BCUT2D eigenvalue weighted by Crippen LogP contribution is 2.19. The maximum absolute atomic E-state index is 3.53. The molecule has 1 fully saturated rings. The largest absolute Gasteiger partial charge is 0.314 e. The van der Waals surface area contributed by atoms with E-state index in [4.69, 9.17) is 0 Å². The van der Waals surface area contributed by atoms with Crippen LogP contribution in [0, 0.1) is 0 Å². The van der Waals surface area contributed by atoms with Gasteiger partial charge in [-0.25, -0.2) is 0 Å². The SMILES string of the molecule is CCCCC(CCC)N1CCNCC1CC. The van der Waals surface area contributed by atoms with Crippen molar-refractivity contribution in [1.82, 2.24) is 10.2 Å². The summed E-state index contributed by atoms with van der Waals surface area (Å²) in [5, 5.41) is 3.53. The quantitative estimate of drug-likeness (QED) is 0.718. The summed E-state index contributed by atoms with van der Waals surface area (Å²) >= 11 is 0. The van der Waals surface area contributed by atoms with Gasteiger partial charge >= 0.3 is 0 Å². The Morgan fingerprint density at radius 3 is 2.62 bits per heavy atom. The highest BCUT2D eigenvalue weighted by atomic mass is 15.2. The number of nitrogens with one attached hydrogen (secondary N) is 1. The van der Waals surface area contributed by atoms with Crippen molar-refractivity contribution in [2.24, 2.45) is 0 Å². The molecule has 1 rings (SSSR count). The lowest BCUT2D eigenvalue weighted by Gasteiger charge is -2.41. The first kappa shape index (κ1) is 14.0. The van der Waals surface area contributed by atoms with Gasteiger partial charge in [0.2, 0.25) is 0 Å². The number of rotatable bonds is 7. The van der Waals surface area contributed by atoms with E-state index in [9.17, 15) is 0 Å². The van der Waals surface area contributed by atoms with E-state index in [0.29, 0.717) is 0 Å². The van der Waals surface area contributed by atoms with Crippen LogP contribution in [-0.2, 0) is 0 Å². The summed E-state index contributed by atoms with van der Waals surface area (Å²) in [6, 6.07) is 1.62. The molecule has 0 saturated carbocycles. The van der Waals surface area contributed by atoms with Gasteiger partial charge in [-0.3, -0.25) is 4.90 Å². The molecule has 0 bridgehead atoms. The van der Waals surface area contributed by atoms with Crippen LogP contribution in [0.2, 0.25) is 0 Å². The summed E-state index contributed by atoms with van der Waals surface area (Å²) in [5.41, 5.74) is 0. The number of unbranched alkanes of at least 4 members (excludes halogenated alkanes) is 1. The Hall–Kier alpha value is -0.0800. The van der Waals surface area contributed by atoms with E-state index in [0.717, 1.165) is 12.1 Å². The van der Waals surface area contributed by atoms with Crippen molar-refractivity contribution in [1.29, 1.82) is 0 Å². The molecule has 0 aromatic rings. The first-order valence-electron chi connectivity index (χ1n) is 7.29. The van der Waals surface area contributed by atoms with E-state index in [1.807, 2.05) is 0 Å². The summed E-state index contributed by atoms with van der Waals surface area (Å²) in [6.07, 6.45) is 8.14. The zero-order chi connectivity index (χ0) is 11.8. The van der Waals surface area contributed by atoms with Crippen LogP contribution in [-0.4, -0.2) is 36.6 Å². The van der Waals surface area contributed by atoms with E-state index in [1.165, 1.54) is 58.2 Å². The molecule has 0 aromatic carbocycles. The molecule has 1 N–H and O–H groups in total. The fraction of sp³-hybridized carbons (Fsp3) is 1.00. The average molecular weight is 226 g/mol. The van der Waals surface area contributed by atoms with Crippen molar-refractivity contribution in [2.45, 2.75) is 71.4 Å². The standard InChI is InChI=1S/C14H30N2/c1-4-7-9-14(8-5-2)16-11-10-15-12-13(16)6-3/h13-15H,4-12H2,1-3H3. The minimum Gasteiger partial charge on any atom is -0.314 e. The summed E-state index contributed by atoms with van der Waals surface area (Å²) in [7, 11) is 0. The van der Waals surface area contributed by atoms with Crippen molar-refractivity contribution >= 4 is 0 Å². The van der Waals surface area contributed by atoms with Gasteiger partial charge in [0.25, 0.3) is 0 Å². The lowest BCUT2D eigenvalue weighted by Crippen LogP contribution is -2.54. The van der Waals surface area contributed by atoms with E-state index in [1.54, 1.807) is 0 Å². The molecule has 0 radical (unpaired) electrons. The lowest BCUT2D eigenvalue weighted by molar-refractivity contribution is 0.0901. The summed E-state index contributed by atoms with van der Waals surface area (Å²) in [4.78, 5) is 2.79. The van der Waals surface area contributed by atoms with Crippen LogP contribution in [0.5, 0.6) is 0 Å². The number of nitrogens with zero attached hydrogens (tertiary/aromatic N) is 1. The molecule has 0 aromatic heterocycles. The Labute approximate surface area is 102 Å². The fourth-order valence-corrected chi connectivity index (χ4v) is 2.89. The Kier molecular flexibility index (Phi) is 7.06. The third-order valence-electron chi connectivity index (χ3n) is 3.85. The number of piperazine rings is 1. The fourth-order valence-electron chi connectivity index (χ4n) is 2.89. The average Bonchev–Trinajstić information content (AvgIpc) is 2.34. The summed E-state index contributed by atoms with van der Waals surface area (Å²) in [5.74, 6) is 0. The van der Waals surface area contributed by atoms with E-state index in [2.05, 4.69) is 31.0 Å². The zero-order valence-corrected chi connectivity index (χ0v) is 11.5. The summed E-state index contributed by atoms with van der Waals surface area (Å²) in [6.45, 7) is 10.6. The molecule has 0 amide bonds. The van der Waals surface area contributed by atoms with Gasteiger partial charge in [-0.15, -0.1) is 0 Å². The second-order valence-electron chi connectivity index (χ2n) is 5.09. The van der Waals surface area contributed by atoms with Gasteiger partial charge in [0.1, 0.15) is 0 Å². The Bertz CT molecular complexity index is 170. The highest BCUT2D eigenvalue weighted by Gasteiger charge is 2.26. The molecule has 1 aliphatic heterocycles. The highest BCUT2D eigenvalue weighted by molar-refractivity contribution is 4.84. The molecule has 0 spiro atoms. The van der Waals surface area contributed by atoms with Gasteiger partial charge in [-0.1, -0.05) is 40.0 Å². The molecule has 1 aliphatic rings. The second-order valence-corrected chi connectivity index (χ2v) is 5.09. The third kappa shape index (κ3) is 4.06. The smallest absolute Gasteiger partial charge is 0.0221 e. The van der Waals surface area contributed by atoms with E-state index >= 15 is 0 Å². The topological polar surface area (TPSA) is 15.3 Å². The van der Waals surface area contributed by atoms with Crippen LogP contribution in [0.3, 0.4) is 0 Å². The van der Waals surface area contributed by atoms with Gasteiger partial charge in [0, 0.05) is 31.7 Å². The second kappa shape index (κ2) is 8.08. The lowest BCUT2D eigenvalue weighted by atomic mass is 9.99. The van der Waals surface area contributed by atoms with Crippen LogP contribution in [0.1, 0.15) is 59.3 Å². The first-order chi connectivity index (χ1) is 7.83. The first-order valence-corrected chi connectivity index (χ1v) is 7.29. The van der Waals surface area contributed by atoms with Gasteiger partial charge in [0.05, 0.1) is 0 Å². The van der Waals surface area contributed by atoms with Crippen molar-refractivity contribution in [3.8, 4) is 0 Å². The molecule has 96 valence electrons. The maximum atomic E-state index is 3.53. The molecule has 2 atom stereocenters. The Morgan fingerprint density at radius 1 is 1.19 bits per heavy atom. The third-order valence-corrected chi connectivity index (χ3v) is 3.85. The van der Waals surface area contributed by atoms with Gasteiger partial charge < -0.3 is 5.32 Å². The van der Waals surface area contributed by atoms with Gasteiger partial charge in [0.15, 0.2) is 0 Å². The minimum atomic E-state index is 0.780. The van der Waals surface area contributed by atoms with Gasteiger partial charge in [-0.05, 0) is 19.3 Å². The van der Waals surface area contributed by atoms with Crippen LogP contribution >= 0.6 is 0 Å². The molecule has 2 nitrogen and oxygen atoms in total. The normalized spacial score (nSPS) is 24.6. The zero-order valence-electron chi connectivity index (χ0n) is 11.5. The van der Waals surface area contributed by atoms with Crippen LogP contribution in [0.4, 0.5) is 0 Å². The van der Waals surface area contributed by atoms with Crippen LogP contribution in [0.25, 0.3) is 0 Å². The molecule has 1 heterocycles. The molecule has 16 heavy (non-hydrogen) atoms. The maximum Gasteiger partial charge on any atom is 0.0221 e. The minimum absolute atomic E-state index is 0.780. The number of hydrogen-bond acceptors (Lipinski definition) is 2. The van der Waals surface area contributed by atoms with Crippen LogP contribution in [0.15, 0.2) is 0 Å². The predicted molar refractivity (Wildman–Crippen MR) is 71.9 cm³/mol. The Morgan fingerprint density at radius 2 is 2.00 bits per heavy atom. The predicted octanol–water partition coefficient (Wildman–Crippen LogP) is 3.03. The molecule has 2 unspecified atom stereocenters. The summed E-state index contributed by atoms with van der Waals surface area (Å²) < 4.78 is 0. The number of hydrogen-bond donors (Lipinski definition) is 1. The van der Waals surface area contributed by atoms with E-state index < -0.39 is 0 Å². The Balaban J connectivity index is 2.51. The van der Waals surface area contributed by atoms with Gasteiger partial charge in [-0.2, -0.15) is 0 Å². The molecular weight excluding hydrogens is 196 g/mol. The molecule has 0 aliphatic carbocycles. The van der Waals surface area contributed by atoms with Crippen LogP contribution < -0.4 is 5.32 Å². The molecular formula is C14H30N2.